The van der Waals surface area contributed by atoms with Gasteiger partial charge in [-0.15, -0.1) is 0 Å². The summed E-state index contributed by atoms with van der Waals surface area (Å²) >= 11 is 4.01. The Bertz CT molecular complexity index is 336. The van der Waals surface area contributed by atoms with E-state index in [9.17, 15) is 0 Å². The van der Waals surface area contributed by atoms with E-state index in [0.717, 1.165) is 5.56 Å². The van der Waals surface area contributed by atoms with Crippen LogP contribution in [0.5, 0.6) is 0 Å². The van der Waals surface area contributed by atoms with Gasteiger partial charge in [0.05, 0.1) is 23.1 Å². The Hall–Kier alpha value is -0.880. The van der Waals surface area contributed by atoms with E-state index in [1.54, 1.807) is 6.20 Å². The van der Waals surface area contributed by atoms with Gasteiger partial charge in [0.15, 0.2) is 0 Å². The largest absolute Gasteiger partial charge is 0.266 e. The van der Waals surface area contributed by atoms with Crippen LogP contribution in [0.2, 0.25) is 0 Å². The predicted octanol–water partition coefficient (Wildman–Crippen LogP) is 1.92. The lowest BCUT2D eigenvalue weighted by Gasteiger charge is -2.18. The predicted molar refractivity (Wildman–Crippen MR) is 58.0 cm³/mol. The van der Waals surface area contributed by atoms with E-state index < -0.39 is 0 Å². The molecule has 0 unspecified atom stereocenters. The highest BCUT2D eigenvalue weighted by molar-refractivity contribution is 7.80. The van der Waals surface area contributed by atoms with Gasteiger partial charge in [-0.2, -0.15) is 17.7 Å². The van der Waals surface area contributed by atoms with Crippen LogP contribution >= 0.6 is 12.6 Å². The molecule has 0 saturated carbocycles. The second-order valence-corrected chi connectivity index (χ2v) is 4.12. The summed E-state index contributed by atoms with van der Waals surface area (Å²) in [6.07, 6.45) is 3.73. The fourth-order valence-corrected chi connectivity index (χ4v) is 0.975. The fraction of sp³-hybridized carbons (Fsp3) is 0.500. The van der Waals surface area contributed by atoms with Crippen molar-refractivity contribution in [2.75, 3.05) is 5.75 Å². The summed E-state index contributed by atoms with van der Waals surface area (Å²) in [5, 5.41) is 4.23. The summed E-state index contributed by atoms with van der Waals surface area (Å²) in [5.41, 5.74) is 0.977. The summed E-state index contributed by atoms with van der Waals surface area (Å²) in [7, 11) is 0. The molecule has 70 valence electrons. The molecule has 0 bridgehead atoms. The van der Waals surface area contributed by atoms with Gasteiger partial charge in [-0.3, -0.25) is 4.68 Å². The molecular formula is C10H14N2S. The maximum atomic E-state index is 4.23. The molecule has 0 spiro atoms. The van der Waals surface area contributed by atoms with Crippen LogP contribution in [0.1, 0.15) is 26.3 Å². The van der Waals surface area contributed by atoms with Crippen molar-refractivity contribution >= 4 is 12.6 Å². The standard InChI is InChI=1S/C10H14N2S/c1-10(2,3)12-8-9(7-11-12)5-4-6-13/h7-8,13H,6H2,1-3H3. The molecule has 0 aromatic carbocycles. The summed E-state index contributed by atoms with van der Waals surface area (Å²) in [4.78, 5) is 0. The van der Waals surface area contributed by atoms with Gasteiger partial charge in [0.2, 0.25) is 0 Å². The van der Waals surface area contributed by atoms with Gasteiger partial charge in [-0.25, -0.2) is 0 Å². The van der Waals surface area contributed by atoms with Crippen molar-refractivity contribution in [3.63, 3.8) is 0 Å². The molecule has 1 aromatic rings. The molecule has 1 rings (SSSR count). The third kappa shape index (κ3) is 2.82. The molecule has 0 aliphatic heterocycles. The van der Waals surface area contributed by atoms with Crippen molar-refractivity contribution in [2.24, 2.45) is 0 Å². The van der Waals surface area contributed by atoms with Crippen molar-refractivity contribution in [2.45, 2.75) is 26.3 Å². The number of thiol groups is 1. The van der Waals surface area contributed by atoms with Crippen LogP contribution in [0.3, 0.4) is 0 Å². The third-order valence-corrected chi connectivity index (χ3v) is 1.74. The first kappa shape index (κ1) is 10.2. The van der Waals surface area contributed by atoms with Crippen LogP contribution in [-0.4, -0.2) is 15.5 Å². The molecule has 0 amide bonds. The van der Waals surface area contributed by atoms with Gasteiger partial charge in [0, 0.05) is 6.20 Å². The van der Waals surface area contributed by atoms with E-state index in [1.165, 1.54) is 0 Å². The van der Waals surface area contributed by atoms with Crippen LogP contribution < -0.4 is 0 Å². The van der Waals surface area contributed by atoms with Crippen LogP contribution in [0.25, 0.3) is 0 Å². The first-order valence-electron chi connectivity index (χ1n) is 4.19. The lowest BCUT2D eigenvalue weighted by molar-refractivity contribution is 0.355. The lowest BCUT2D eigenvalue weighted by atomic mass is 10.1. The number of rotatable bonds is 0. The summed E-state index contributed by atoms with van der Waals surface area (Å²) in [6.45, 7) is 6.32. The Balaban J connectivity index is 2.87. The van der Waals surface area contributed by atoms with Crippen molar-refractivity contribution in [3.05, 3.63) is 18.0 Å². The molecular weight excluding hydrogens is 180 g/mol. The Morgan fingerprint density at radius 2 is 2.23 bits per heavy atom. The third-order valence-electron chi connectivity index (χ3n) is 1.58. The first-order chi connectivity index (χ1) is 6.04. The molecule has 3 heteroatoms. The van der Waals surface area contributed by atoms with Crippen molar-refractivity contribution < 1.29 is 0 Å². The SMILES string of the molecule is CC(C)(C)n1cc(C#CCS)cn1. The fourth-order valence-electron chi connectivity index (χ4n) is 0.896. The van der Waals surface area contributed by atoms with Gasteiger partial charge in [0.25, 0.3) is 0 Å². The van der Waals surface area contributed by atoms with Crippen LogP contribution in [0.4, 0.5) is 0 Å². The zero-order valence-corrected chi connectivity index (χ0v) is 9.10. The minimum atomic E-state index is 0.0287. The second-order valence-electron chi connectivity index (χ2n) is 3.80. The minimum absolute atomic E-state index is 0.0287. The van der Waals surface area contributed by atoms with E-state index in [-0.39, 0.29) is 5.54 Å². The average Bonchev–Trinajstić information content (AvgIpc) is 2.47. The topological polar surface area (TPSA) is 17.8 Å². The van der Waals surface area contributed by atoms with E-state index in [4.69, 9.17) is 0 Å². The Labute approximate surface area is 84.7 Å². The van der Waals surface area contributed by atoms with Crippen molar-refractivity contribution in [1.29, 1.82) is 0 Å². The highest BCUT2D eigenvalue weighted by atomic mass is 32.1. The average molecular weight is 194 g/mol. The Morgan fingerprint density at radius 3 is 2.69 bits per heavy atom. The van der Waals surface area contributed by atoms with Crippen LogP contribution in [0, 0.1) is 11.8 Å². The van der Waals surface area contributed by atoms with Gasteiger partial charge >= 0.3 is 0 Å². The summed E-state index contributed by atoms with van der Waals surface area (Å²) in [6, 6.07) is 0. The molecule has 0 aliphatic carbocycles. The Kier molecular flexibility index (Phi) is 3.05. The summed E-state index contributed by atoms with van der Waals surface area (Å²) < 4.78 is 1.91. The number of hydrogen-bond donors (Lipinski definition) is 1. The molecule has 0 fully saturated rings. The molecule has 0 N–H and O–H groups in total. The lowest BCUT2D eigenvalue weighted by Crippen LogP contribution is -2.21. The number of hydrogen-bond acceptors (Lipinski definition) is 2. The maximum absolute atomic E-state index is 4.23. The molecule has 0 saturated heterocycles. The van der Waals surface area contributed by atoms with Crippen LogP contribution in [-0.2, 0) is 5.54 Å². The van der Waals surface area contributed by atoms with E-state index in [2.05, 4.69) is 50.3 Å². The van der Waals surface area contributed by atoms with E-state index >= 15 is 0 Å². The minimum Gasteiger partial charge on any atom is -0.266 e. The molecule has 0 atom stereocenters. The van der Waals surface area contributed by atoms with Gasteiger partial charge in [-0.05, 0) is 20.8 Å². The molecule has 1 heterocycles. The molecule has 0 radical (unpaired) electrons. The second kappa shape index (κ2) is 3.89. The zero-order chi connectivity index (χ0) is 9.90. The van der Waals surface area contributed by atoms with Gasteiger partial charge in [0.1, 0.15) is 0 Å². The smallest absolute Gasteiger partial charge is 0.0646 e. The first-order valence-corrected chi connectivity index (χ1v) is 4.82. The Morgan fingerprint density at radius 1 is 1.54 bits per heavy atom. The summed E-state index contributed by atoms with van der Waals surface area (Å²) in [5.74, 6) is 6.45. The van der Waals surface area contributed by atoms with E-state index in [1.807, 2.05) is 10.9 Å². The maximum Gasteiger partial charge on any atom is 0.0646 e. The van der Waals surface area contributed by atoms with Gasteiger partial charge in [-0.1, -0.05) is 11.8 Å². The van der Waals surface area contributed by atoms with Crippen LogP contribution in [0.15, 0.2) is 12.4 Å². The van der Waals surface area contributed by atoms with Crippen molar-refractivity contribution in [3.8, 4) is 11.8 Å². The molecule has 13 heavy (non-hydrogen) atoms. The number of nitrogens with zero attached hydrogens (tertiary/aromatic N) is 2. The monoisotopic (exact) mass is 194 g/mol. The molecule has 0 aliphatic rings. The highest BCUT2D eigenvalue weighted by Gasteiger charge is 2.12. The normalized spacial score (nSPS) is 10.8. The van der Waals surface area contributed by atoms with Crippen molar-refractivity contribution in [1.82, 2.24) is 9.78 Å². The molecule has 1 aromatic heterocycles. The van der Waals surface area contributed by atoms with E-state index in [0.29, 0.717) is 5.75 Å². The van der Waals surface area contributed by atoms with Gasteiger partial charge < -0.3 is 0 Å². The number of aromatic nitrogens is 2. The zero-order valence-electron chi connectivity index (χ0n) is 8.20. The highest BCUT2D eigenvalue weighted by Crippen LogP contribution is 2.12. The molecule has 2 nitrogen and oxygen atoms in total. The quantitative estimate of drug-likeness (QED) is 0.493.